The number of halogens is 1. The SMILES string of the molecule is Cc1ccc2c(c1)c(=O)n(C)c1nnc(CSc3nnc(-c4cccc(Cl)c4)o3)n21. The van der Waals surface area contributed by atoms with Gasteiger partial charge in [-0.15, -0.1) is 20.4 Å². The summed E-state index contributed by atoms with van der Waals surface area (Å²) in [4.78, 5) is 12.7. The molecule has 8 nitrogen and oxygen atoms in total. The predicted octanol–water partition coefficient (Wildman–Crippen LogP) is 3.89. The summed E-state index contributed by atoms with van der Waals surface area (Å²) in [6.45, 7) is 1.96. The van der Waals surface area contributed by atoms with Crippen molar-refractivity contribution in [3.63, 3.8) is 0 Å². The van der Waals surface area contributed by atoms with Gasteiger partial charge in [-0.1, -0.05) is 41.1 Å². The van der Waals surface area contributed by atoms with Crippen molar-refractivity contribution in [2.45, 2.75) is 17.9 Å². The Hall–Kier alpha value is -3.17. The lowest BCUT2D eigenvalue weighted by Gasteiger charge is -2.08. The Bertz CT molecular complexity index is 1470. The monoisotopic (exact) mass is 438 g/mol. The van der Waals surface area contributed by atoms with Crippen molar-refractivity contribution in [2.24, 2.45) is 7.05 Å². The van der Waals surface area contributed by atoms with Gasteiger partial charge in [0.25, 0.3) is 10.8 Å². The Morgan fingerprint density at radius 1 is 1.10 bits per heavy atom. The highest BCUT2D eigenvalue weighted by molar-refractivity contribution is 7.98. The second-order valence-corrected chi connectivity index (χ2v) is 8.17. The normalized spacial score (nSPS) is 11.6. The zero-order chi connectivity index (χ0) is 20.8. The van der Waals surface area contributed by atoms with Crippen LogP contribution < -0.4 is 5.56 Å². The molecule has 0 aliphatic rings. The lowest BCUT2D eigenvalue weighted by molar-refractivity contribution is 0.465. The highest BCUT2D eigenvalue weighted by Gasteiger charge is 2.16. The maximum atomic E-state index is 12.7. The number of aryl methyl sites for hydroxylation is 2. The van der Waals surface area contributed by atoms with Crippen LogP contribution in [0.4, 0.5) is 0 Å². The summed E-state index contributed by atoms with van der Waals surface area (Å²) in [5.41, 5.74) is 2.44. The zero-order valence-corrected chi connectivity index (χ0v) is 17.6. The number of nitrogens with zero attached hydrogens (tertiary/aromatic N) is 6. The molecule has 5 rings (SSSR count). The molecule has 5 aromatic rings. The summed E-state index contributed by atoms with van der Waals surface area (Å²) in [6, 6.07) is 13.0. The first-order valence-electron chi connectivity index (χ1n) is 9.07. The van der Waals surface area contributed by atoms with E-state index in [-0.39, 0.29) is 5.56 Å². The molecule has 30 heavy (non-hydrogen) atoms. The second kappa shape index (κ2) is 7.26. The quantitative estimate of drug-likeness (QED) is 0.393. The molecule has 0 radical (unpaired) electrons. The molecule has 0 saturated heterocycles. The molecule has 3 heterocycles. The third kappa shape index (κ3) is 3.16. The average molecular weight is 439 g/mol. The number of aromatic nitrogens is 6. The van der Waals surface area contributed by atoms with Crippen molar-refractivity contribution in [2.75, 3.05) is 0 Å². The molecule has 0 amide bonds. The highest BCUT2D eigenvalue weighted by Crippen LogP contribution is 2.27. The fourth-order valence-corrected chi connectivity index (χ4v) is 4.15. The van der Waals surface area contributed by atoms with Crippen LogP contribution in [-0.2, 0) is 12.8 Å². The summed E-state index contributed by atoms with van der Waals surface area (Å²) in [5.74, 6) is 2.01. The Balaban J connectivity index is 1.50. The summed E-state index contributed by atoms with van der Waals surface area (Å²) in [7, 11) is 1.69. The molecular weight excluding hydrogens is 424 g/mol. The Labute approximate surface area is 179 Å². The van der Waals surface area contributed by atoms with Crippen molar-refractivity contribution in [1.29, 1.82) is 0 Å². The van der Waals surface area contributed by atoms with Crippen molar-refractivity contribution in [3.8, 4) is 11.5 Å². The molecule has 0 N–H and O–H groups in total. The van der Waals surface area contributed by atoms with Crippen molar-refractivity contribution < 1.29 is 4.42 Å². The van der Waals surface area contributed by atoms with Gasteiger partial charge in [-0.25, -0.2) is 0 Å². The van der Waals surface area contributed by atoms with Gasteiger partial charge in [0.2, 0.25) is 11.7 Å². The van der Waals surface area contributed by atoms with E-state index in [0.717, 1.165) is 16.6 Å². The van der Waals surface area contributed by atoms with E-state index in [0.29, 0.717) is 38.9 Å². The number of hydrogen-bond acceptors (Lipinski definition) is 7. The van der Waals surface area contributed by atoms with E-state index in [4.69, 9.17) is 16.0 Å². The van der Waals surface area contributed by atoms with Crippen molar-refractivity contribution >= 4 is 40.0 Å². The third-order valence-electron chi connectivity index (χ3n) is 4.74. The van der Waals surface area contributed by atoms with Gasteiger partial charge in [-0.05, 0) is 37.3 Å². The first kappa shape index (κ1) is 18.8. The molecule has 10 heteroatoms. The predicted molar refractivity (Wildman–Crippen MR) is 115 cm³/mol. The minimum atomic E-state index is -0.101. The molecule has 0 aliphatic carbocycles. The van der Waals surface area contributed by atoms with E-state index in [9.17, 15) is 4.79 Å². The van der Waals surface area contributed by atoms with Crippen LogP contribution >= 0.6 is 23.4 Å². The minimum Gasteiger partial charge on any atom is -0.411 e. The molecule has 2 aromatic carbocycles. The van der Waals surface area contributed by atoms with Crippen LogP contribution in [0.5, 0.6) is 0 Å². The molecule has 0 aliphatic heterocycles. The standard InChI is InChI=1S/C20H15ClN6O2S/c1-11-6-7-15-14(8-11)18(28)26(2)19-24-22-16(27(15)19)10-30-20-25-23-17(29-20)12-4-3-5-13(21)9-12/h3-9H,10H2,1-2H3. The number of hydrogen-bond donors (Lipinski definition) is 0. The van der Waals surface area contributed by atoms with Crippen LogP contribution in [0.1, 0.15) is 11.4 Å². The van der Waals surface area contributed by atoms with Crippen LogP contribution in [-0.4, -0.2) is 29.4 Å². The number of fused-ring (bicyclic) bond motifs is 3. The molecule has 0 bridgehead atoms. The largest absolute Gasteiger partial charge is 0.411 e. The second-order valence-electron chi connectivity index (χ2n) is 6.81. The van der Waals surface area contributed by atoms with Gasteiger partial charge >= 0.3 is 0 Å². The van der Waals surface area contributed by atoms with E-state index in [1.54, 1.807) is 19.2 Å². The highest BCUT2D eigenvalue weighted by atomic mass is 35.5. The van der Waals surface area contributed by atoms with E-state index >= 15 is 0 Å². The minimum absolute atomic E-state index is 0.101. The summed E-state index contributed by atoms with van der Waals surface area (Å²) < 4.78 is 9.14. The topological polar surface area (TPSA) is 91.1 Å². The molecular formula is C20H15ClN6O2S. The molecule has 150 valence electrons. The van der Waals surface area contributed by atoms with Gasteiger partial charge in [0.1, 0.15) is 5.82 Å². The van der Waals surface area contributed by atoms with Gasteiger partial charge in [-0.2, -0.15) is 0 Å². The smallest absolute Gasteiger partial charge is 0.277 e. The molecule has 0 unspecified atom stereocenters. The lowest BCUT2D eigenvalue weighted by Crippen LogP contribution is -2.20. The summed E-state index contributed by atoms with van der Waals surface area (Å²) >= 11 is 7.38. The fourth-order valence-electron chi connectivity index (χ4n) is 3.28. The average Bonchev–Trinajstić information content (AvgIpc) is 3.38. The van der Waals surface area contributed by atoms with E-state index in [1.165, 1.54) is 16.3 Å². The lowest BCUT2D eigenvalue weighted by atomic mass is 10.1. The number of thioether (sulfide) groups is 1. The van der Waals surface area contributed by atoms with E-state index in [2.05, 4.69) is 20.4 Å². The molecule has 3 aromatic heterocycles. The zero-order valence-electron chi connectivity index (χ0n) is 16.0. The molecule has 0 atom stereocenters. The summed E-state index contributed by atoms with van der Waals surface area (Å²) in [6.07, 6.45) is 0. The van der Waals surface area contributed by atoms with E-state index < -0.39 is 0 Å². The van der Waals surface area contributed by atoms with Gasteiger partial charge in [0, 0.05) is 17.6 Å². The molecule has 0 fully saturated rings. The maximum absolute atomic E-state index is 12.7. The fraction of sp³-hybridized carbons (Fsp3) is 0.150. The Kier molecular flexibility index (Phi) is 4.56. The third-order valence-corrected chi connectivity index (χ3v) is 5.79. The van der Waals surface area contributed by atoms with Gasteiger partial charge in [0.05, 0.1) is 16.7 Å². The van der Waals surface area contributed by atoms with Gasteiger partial charge in [-0.3, -0.25) is 13.8 Å². The first-order chi connectivity index (χ1) is 14.5. The Morgan fingerprint density at radius 3 is 2.80 bits per heavy atom. The Morgan fingerprint density at radius 2 is 1.97 bits per heavy atom. The summed E-state index contributed by atoms with van der Waals surface area (Å²) in [5, 5.41) is 18.3. The van der Waals surface area contributed by atoms with Crippen LogP contribution in [0.15, 0.2) is 56.9 Å². The van der Waals surface area contributed by atoms with Crippen LogP contribution in [0.2, 0.25) is 5.02 Å². The van der Waals surface area contributed by atoms with Crippen LogP contribution in [0.3, 0.4) is 0 Å². The van der Waals surface area contributed by atoms with Crippen LogP contribution in [0, 0.1) is 6.92 Å². The van der Waals surface area contributed by atoms with E-state index in [1.807, 2.05) is 41.7 Å². The maximum Gasteiger partial charge on any atom is 0.277 e. The van der Waals surface area contributed by atoms with Crippen molar-refractivity contribution in [1.82, 2.24) is 29.4 Å². The molecule has 0 spiro atoms. The number of rotatable bonds is 4. The van der Waals surface area contributed by atoms with Crippen molar-refractivity contribution in [3.05, 3.63) is 69.2 Å². The van der Waals surface area contributed by atoms with Gasteiger partial charge in [0.15, 0.2) is 0 Å². The van der Waals surface area contributed by atoms with Crippen LogP contribution in [0.25, 0.3) is 28.1 Å². The number of benzene rings is 2. The first-order valence-corrected chi connectivity index (χ1v) is 10.4. The molecule has 0 saturated carbocycles. The van der Waals surface area contributed by atoms with Gasteiger partial charge < -0.3 is 4.42 Å².